The van der Waals surface area contributed by atoms with E-state index in [0.717, 1.165) is 16.7 Å². The highest BCUT2D eigenvalue weighted by molar-refractivity contribution is 5.85. The van der Waals surface area contributed by atoms with Crippen molar-refractivity contribution in [1.82, 2.24) is 4.98 Å². The van der Waals surface area contributed by atoms with Gasteiger partial charge in [0.1, 0.15) is 12.4 Å². The maximum atomic E-state index is 12.4. The summed E-state index contributed by atoms with van der Waals surface area (Å²) in [6, 6.07) is 18.2. The summed E-state index contributed by atoms with van der Waals surface area (Å²) >= 11 is 0. The molecule has 4 nitrogen and oxygen atoms in total. The highest BCUT2D eigenvalue weighted by Crippen LogP contribution is 2.28. The second kappa shape index (κ2) is 10.1. The van der Waals surface area contributed by atoms with Gasteiger partial charge < -0.3 is 15.2 Å². The molecule has 0 saturated heterocycles. The Hall–Kier alpha value is -2.77. The third-order valence-electron chi connectivity index (χ3n) is 3.97. The van der Waals surface area contributed by atoms with Gasteiger partial charge in [0.25, 0.3) is 0 Å². The number of benzene rings is 2. The quantitative estimate of drug-likeness (QED) is 0.570. The average molecular weight is 425 g/mol. The molecule has 1 heterocycles. The lowest BCUT2D eigenvalue weighted by atomic mass is 10.0. The van der Waals surface area contributed by atoms with Crippen molar-refractivity contribution in [2.75, 3.05) is 6.61 Å². The van der Waals surface area contributed by atoms with E-state index in [9.17, 15) is 13.2 Å². The van der Waals surface area contributed by atoms with E-state index < -0.39 is 12.8 Å². The first kappa shape index (κ1) is 22.5. The highest BCUT2D eigenvalue weighted by Gasteiger charge is 2.28. The van der Waals surface area contributed by atoms with Crippen LogP contribution in [-0.4, -0.2) is 17.8 Å². The van der Waals surface area contributed by atoms with Gasteiger partial charge in [-0.3, -0.25) is 0 Å². The lowest BCUT2D eigenvalue weighted by molar-refractivity contribution is -0.153. The van der Waals surface area contributed by atoms with E-state index in [4.69, 9.17) is 15.2 Å². The Morgan fingerprint density at radius 2 is 1.62 bits per heavy atom. The molecule has 0 aliphatic carbocycles. The van der Waals surface area contributed by atoms with Crippen LogP contribution in [-0.2, 0) is 13.2 Å². The van der Waals surface area contributed by atoms with E-state index in [1.54, 1.807) is 24.4 Å². The average Bonchev–Trinajstić information content (AvgIpc) is 2.71. The van der Waals surface area contributed by atoms with Crippen molar-refractivity contribution in [3.8, 4) is 22.8 Å². The molecular formula is C21H20ClF3N2O2. The molecule has 1 aromatic heterocycles. The summed E-state index contributed by atoms with van der Waals surface area (Å²) < 4.78 is 47.6. The molecule has 3 aromatic rings. The summed E-state index contributed by atoms with van der Waals surface area (Å²) in [5, 5.41) is 0. The molecule has 0 amide bonds. The van der Waals surface area contributed by atoms with Crippen LogP contribution in [0.5, 0.6) is 11.6 Å². The summed E-state index contributed by atoms with van der Waals surface area (Å²) in [6.07, 6.45) is -2.75. The molecule has 0 aliphatic heterocycles. The molecule has 0 fully saturated rings. The number of pyridine rings is 1. The third kappa shape index (κ3) is 6.66. The lowest BCUT2D eigenvalue weighted by Gasteiger charge is -2.14. The predicted octanol–water partition coefficient (Wildman–Crippen LogP) is 5.15. The molecule has 0 unspecified atom stereocenters. The van der Waals surface area contributed by atoms with Gasteiger partial charge in [-0.2, -0.15) is 13.2 Å². The maximum Gasteiger partial charge on any atom is 0.422 e. The number of halogens is 4. The van der Waals surface area contributed by atoms with Crippen LogP contribution in [0.1, 0.15) is 11.1 Å². The largest absolute Gasteiger partial charge is 0.484 e. The van der Waals surface area contributed by atoms with Crippen molar-refractivity contribution in [3.63, 3.8) is 0 Å². The minimum atomic E-state index is -4.40. The first-order chi connectivity index (χ1) is 13.4. The second-order valence-electron chi connectivity index (χ2n) is 6.09. The zero-order chi connectivity index (χ0) is 20.0. The molecule has 0 atom stereocenters. The summed E-state index contributed by atoms with van der Waals surface area (Å²) in [6.45, 7) is -0.878. The minimum Gasteiger partial charge on any atom is -0.484 e. The Morgan fingerprint density at radius 1 is 0.897 bits per heavy atom. The molecule has 0 spiro atoms. The maximum absolute atomic E-state index is 12.4. The number of alkyl halides is 3. The van der Waals surface area contributed by atoms with Crippen molar-refractivity contribution in [2.45, 2.75) is 19.3 Å². The fourth-order valence-corrected chi connectivity index (χ4v) is 2.59. The van der Waals surface area contributed by atoms with Crippen molar-refractivity contribution < 1.29 is 22.6 Å². The van der Waals surface area contributed by atoms with Gasteiger partial charge in [-0.05, 0) is 29.3 Å². The smallest absolute Gasteiger partial charge is 0.422 e. The molecule has 8 heteroatoms. The molecule has 0 radical (unpaired) electrons. The lowest BCUT2D eigenvalue weighted by Crippen LogP contribution is -2.20. The molecule has 0 aliphatic rings. The topological polar surface area (TPSA) is 57.4 Å². The van der Waals surface area contributed by atoms with Gasteiger partial charge in [-0.25, -0.2) is 4.98 Å². The van der Waals surface area contributed by atoms with Crippen molar-refractivity contribution in [3.05, 3.63) is 78.0 Å². The molecule has 154 valence electrons. The Morgan fingerprint density at radius 3 is 2.24 bits per heavy atom. The van der Waals surface area contributed by atoms with Crippen molar-refractivity contribution in [1.29, 1.82) is 0 Å². The predicted molar refractivity (Wildman–Crippen MR) is 107 cm³/mol. The van der Waals surface area contributed by atoms with Crippen LogP contribution < -0.4 is 15.2 Å². The number of hydrogen-bond acceptors (Lipinski definition) is 4. The normalized spacial score (nSPS) is 10.9. The molecule has 0 bridgehead atoms. The van der Waals surface area contributed by atoms with Gasteiger partial charge in [0.2, 0.25) is 5.88 Å². The number of hydrogen-bond donors (Lipinski definition) is 1. The third-order valence-corrected chi connectivity index (χ3v) is 3.97. The highest BCUT2D eigenvalue weighted by atomic mass is 35.5. The minimum absolute atomic E-state index is 0. The number of aromatic nitrogens is 1. The van der Waals surface area contributed by atoms with E-state index >= 15 is 0 Å². The number of nitrogens with zero attached hydrogens (tertiary/aromatic N) is 1. The summed E-state index contributed by atoms with van der Waals surface area (Å²) in [7, 11) is 0. The van der Waals surface area contributed by atoms with Crippen LogP contribution in [0.25, 0.3) is 11.1 Å². The monoisotopic (exact) mass is 424 g/mol. The molecule has 0 saturated carbocycles. The van der Waals surface area contributed by atoms with E-state index in [-0.39, 0.29) is 24.7 Å². The van der Waals surface area contributed by atoms with E-state index in [0.29, 0.717) is 18.1 Å². The van der Waals surface area contributed by atoms with Crippen LogP contribution >= 0.6 is 12.4 Å². The standard InChI is InChI=1S/C21H19F3N2O2.ClH/c22-21(23,24)14-28-19-8-6-16(10-18(19)11-25)17-7-9-20(26-12-17)27-13-15-4-2-1-3-5-15;/h1-10,12H,11,13-14,25H2;1H. The van der Waals surface area contributed by atoms with E-state index in [1.165, 1.54) is 6.07 Å². The number of ether oxygens (including phenoxy) is 2. The Labute approximate surface area is 172 Å². The van der Waals surface area contributed by atoms with E-state index in [2.05, 4.69) is 4.98 Å². The summed E-state index contributed by atoms with van der Waals surface area (Å²) in [4.78, 5) is 4.28. The fourth-order valence-electron chi connectivity index (χ4n) is 2.59. The van der Waals surface area contributed by atoms with Crippen LogP contribution in [0.15, 0.2) is 66.9 Å². The molecular weight excluding hydrogens is 405 g/mol. The van der Waals surface area contributed by atoms with Crippen LogP contribution in [0.2, 0.25) is 0 Å². The van der Waals surface area contributed by atoms with Crippen LogP contribution in [0.3, 0.4) is 0 Å². The zero-order valence-corrected chi connectivity index (χ0v) is 16.2. The number of rotatable bonds is 7. The first-order valence-electron chi connectivity index (χ1n) is 8.60. The van der Waals surface area contributed by atoms with Crippen molar-refractivity contribution in [2.24, 2.45) is 5.73 Å². The van der Waals surface area contributed by atoms with Gasteiger partial charge in [-0.15, -0.1) is 12.4 Å². The van der Waals surface area contributed by atoms with Crippen molar-refractivity contribution >= 4 is 12.4 Å². The fraction of sp³-hybridized carbons (Fsp3) is 0.190. The van der Waals surface area contributed by atoms with Gasteiger partial charge >= 0.3 is 6.18 Å². The van der Waals surface area contributed by atoms with E-state index in [1.807, 2.05) is 36.4 Å². The zero-order valence-electron chi connectivity index (χ0n) is 15.4. The molecule has 2 aromatic carbocycles. The van der Waals surface area contributed by atoms with Crippen LogP contribution in [0, 0.1) is 0 Å². The van der Waals surface area contributed by atoms with Gasteiger partial charge in [0.05, 0.1) is 0 Å². The number of nitrogens with two attached hydrogens (primary N) is 1. The van der Waals surface area contributed by atoms with Gasteiger partial charge in [0, 0.05) is 29.9 Å². The second-order valence-corrected chi connectivity index (χ2v) is 6.09. The van der Waals surface area contributed by atoms with Crippen LogP contribution in [0.4, 0.5) is 13.2 Å². The molecule has 3 rings (SSSR count). The Balaban J connectivity index is 0.00000300. The molecule has 2 N–H and O–H groups in total. The van der Waals surface area contributed by atoms with Gasteiger partial charge in [0.15, 0.2) is 6.61 Å². The first-order valence-corrected chi connectivity index (χ1v) is 8.60. The summed E-state index contributed by atoms with van der Waals surface area (Å²) in [5.41, 5.74) is 8.76. The summed E-state index contributed by atoms with van der Waals surface area (Å²) in [5.74, 6) is 0.608. The van der Waals surface area contributed by atoms with Gasteiger partial charge in [-0.1, -0.05) is 36.4 Å². The Kier molecular flexibility index (Phi) is 7.87. The Bertz CT molecular complexity index is 904. The molecule has 29 heavy (non-hydrogen) atoms. The SMILES string of the molecule is Cl.NCc1cc(-c2ccc(OCc3ccccc3)nc2)ccc1OCC(F)(F)F.